The molecule has 1 unspecified atom stereocenters. The predicted molar refractivity (Wildman–Crippen MR) is 126 cm³/mol. The molecule has 1 heterocycles. The predicted octanol–water partition coefficient (Wildman–Crippen LogP) is 4.30. The molecule has 1 amide bonds. The van der Waals surface area contributed by atoms with Gasteiger partial charge in [0.05, 0.1) is 10.9 Å². The number of hydrogen-bond acceptors (Lipinski definition) is 3. The molecule has 3 aromatic rings. The average Bonchev–Trinajstić information content (AvgIpc) is 2.79. The van der Waals surface area contributed by atoms with Crippen LogP contribution in [0.25, 0.3) is 0 Å². The first-order valence-electron chi connectivity index (χ1n) is 10.8. The van der Waals surface area contributed by atoms with Crippen molar-refractivity contribution in [1.82, 2.24) is 9.62 Å². The van der Waals surface area contributed by atoms with Gasteiger partial charge >= 0.3 is 0 Å². The summed E-state index contributed by atoms with van der Waals surface area (Å²) in [6.07, 6.45) is 0.705. The van der Waals surface area contributed by atoms with E-state index in [1.165, 1.54) is 4.31 Å². The molecule has 3 aromatic carbocycles. The van der Waals surface area contributed by atoms with E-state index >= 15 is 0 Å². The third kappa shape index (κ3) is 4.61. The summed E-state index contributed by atoms with van der Waals surface area (Å²) in [6, 6.07) is 22.1. The fraction of sp³-hybridized carbons (Fsp3) is 0.269. The number of fused-ring (bicyclic) bond motifs is 1. The molecule has 0 bridgehead atoms. The van der Waals surface area contributed by atoms with Gasteiger partial charge in [-0.2, -0.15) is 4.31 Å². The highest BCUT2D eigenvalue weighted by atomic mass is 32.2. The minimum Gasteiger partial charge on any atom is -0.352 e. The van der Waals surface area contributed by atoms with Crippen LogP contribution in [-0.2, 0) is 27.8 Å². The molecule has 1 atom stereocenters. The Hall–Kier alpha value is -2.96. The fourth-order valence-electron chi connectivity index (χ4n) is 4.22. The Bertz CT molecular complexity index is 1220. The third-order valence-electron chi connectivity index (χ3n) is 6.11. The van der Waals surface area contributed by atoms with Crippen molar-refractivity contribution in [2.75, 3.05) is 6.54 Å². The van der Waals surface area contributed by atoms with E-state index in [0.29, 0.717) is 19.5 Å². The second-order valence-electron chi connectivity index (χ2n) is 8.30. The molecular weight excluding hydrogens is 420 g/mol. The highest BCUT2D eigenvalue weighted by Crippen LogP contribution is 2.36. The Balaban J connectivity index is 1.60. The molecule has 0 aromatic heterocycles. The summed E-state index contributed by atoms with van der Waals surface area (Å²) >= 11 is 0. The molecular formula is C26H28N2O3S. The zero-order valence-corrected chi connectivity index (χ0v) is 19.2. The maximum Gasteiger partial charge on any atom is 0.243 e. The number of carbonyl (C=O) groups excluding carboxylic acids is 1. The van der Waals surface area contributed by atoms with Gasteiger partial charge in [-0.05, 0) is 54.7 Å². The van der Waals surface area contributed by atoms with Crippen LogP contribution >= 0.6 is 0 Å². The van der Waals surface area contributed by atoms with Gasteiger partial charge in [-0.25, -0.2) is 8.42 Å². The van der Waals surface area contributed by atoms with Crippen LogP contribution in [0, 0.1) is 13.8 Å². The van der Waals surface area contributed by atoms with Crippen LogP contribution < -0.4 is 5.32 Å². The number of aryl methyl sites for hydroxylation is 2. The van der Waals surface area contributed by atoms with Crippen LogP contribution in [0.1, 0.15) is 40.3 Å². The molecule has 1 aliphatic rings. The standard InChI is InChI=1S/C26H28N2O3S/c1-19-11-13-23(14-12-19)32(30,31)28-16-15-21-8-5-6-10-24(21)25(28)17-26(29)27-18-22-9-4-3-7-20(22)2/h3-14,25H,15-18H2,1-2H3,(H,27,29). The highest BCUT2D eigenvalue weighted by Gasteiger charge is 2.37. The maximum absolute atomic E-state index is 13.5. The minimum atomic E-state index is -3.74. The number of benzene rings is 3. The van der Waals surface area contributed by atoms with E-state index < -0.39 is 16.1 Å². The number of nitrogens with zero attached hydrogens (tertiary/aromatic N) is 1. The second-order valence-corrected chi connectivity index (χ2v) is 10.2. The first-order valence-corrected chi connectivity index (χ1v) is 12.3. The lowest BCUT2D eigenvalue weighted by Gasteiger charge is -2.36. The van der Waals surface area contributed by atoms with Crippen molar-refractivity contribution in [3.63, 3.8) is 0 Å². The summed E-state index contributed by atoms with van der Waals surface area (Å²) in [4.78, 5) is 13.2. The summed E-state index contributed by atoms with van der Waals surface area (Å²) in [5, 5.41) is 2.98. The molecule has 0 aliphatic carbocycles. The van der Waals surface area contributed by atoms with Gasteiger partial charge in [0.2, 0.25) is 15.9 Å². The van der Waals surface area contributed by atoms with Gasteiger partial charge in [-0.1, -0.05) is 66.2 Å². The van der Waals surface area contributed by atoms with Gasteiger partial charge in [0.15, 0.2) is 0 Å². The molecule has 1 N–H and O–H groups in total. The molecule has 32 heavy (non-hydrogen) atoms. The Morgan fingerprint density at radius 3 is 2.41 bits per heavy atom. The van der Waals surface area contributed by atoms with E-state index in [1.54, 1.807) is 24.3 Å². The van der Waals surface area contributed by atoms with Crippen LogP contribution in [-0.4, -0.2) is 25.2 Å². The second kappa shape index (κ2) is 9.27. The largest absolute Gasteiger partial charge is 0.352 e. The Morgan fingerprint density at radius 2 is 1.66 bits per heavy atom. The average molecular weight is 449 g/mol. The van der Waals surface area contributed by atoms with Crippen molar-refractivity contribution in [3.05, 3.63) is 101 Å². The topological polar surface area (TPSA) is 66.5 Å². The molecule has 4 rings (SSSR count). The van der Waals surface area contributed by atoms with Crippen molar-refractivity contribution < 1.29 is 13.2 Å². The number of sulfonamides is 1. The normalized spacial score (nSPS) is 16.4. The SMILES string of the molecule is Cc1ccc(S(=O)(=O)N2CCc3ccccc3C2CC(=O)NCc2ccccc2C)cc1. The summed E-state index contributed by atoms with van der Waals surface area (Å²) in [6.45, 7) is 4.71. The fourth-order valence-corrected chi connectivity index (χ4v) is 5.83. The van der Waals surface area contributed by atoms with Gasteiger partial charge < -0.3 is 5.32 Å². The molecule has 166 valence electrons. The number of rotatable bonds is 6. The van der Waals surface area contributed by atoms with E-state index in [9.17, 15) is 13.2 Å². The van der Waals surface area contributed by atoms with Crippen LogP contribution in [0.15, 0.2) is 77.7 Å². The summed E-state index contributed by atoms with van der Waals surface area (Å²) in [5.41, 5.74) is 5.16. The summed E-state index contributed by atoms with van der Waals surface area (Å²) in [5.74, 6) is -0.168. The quantitative estimate of drug-likeness (QED) is 0.612. The van der Waals surface area contributed by atoms with Crippen molar-refractivity contribution in [1.29, 1.82) is 0 Å². The number of carbonyl (C=O) groups is 1. The lowest BCUT2D eigenvalue weighted by atomic mass is 9.92. The Labute approximate surface area is 190 Å². The summed E-state index contributed by atoms with van der Waals surface area (Å²) in [7, 11) is -3.74. The highest BCUT2D eigenvalue weighted by molar-refractivity contribution is 7.89. The van der Waals surface area contributed by atoms with Crippen molar-refractivity contribution in [3.8, 4) is 0 Å². The Kier molecular flexibility index (Phi) is 6.44. The molecule has 6 heteroatoms. The van der Waals surface area contributed by atoms with Gasteiger partial charge in [-0.3, -0.25) is 4.79 Å². The molecule has 0 spiro atoms. The monoisotopic (exact) mass is 448 g/mol. The first kappa shape index (κ1) is 22.2. The molecule has 0 saturated carbocycles. The molecule has 0 saturated heterocycles. The number of hydrogen-bond donors (Lipinski definition) is 1. The minimum absolute atomic E-state index is 0.0774. The Morgan fingerprint density at radius 1 is 0.969 bits per heavy atom. The molecule has 0 fully saturated rings. The summed E-state index contributed by atoms with van der Waals surface area (Å²) < 4.78 is 28.5. The lowest BCUT2D eigenvalue weighted by molar-refractivity contribution is -0.122. The zero-order chi connectivity index (χ0) is 22.7. The van der Waals surface area contributed by atoms with E-state index in [1.807, 2.05) is 62.4 Å². The van der Waals surface area contributed by atoms with Gasteiger partial charge in [0.25, 0.3) is 0 Å². The van der Waals surface area contributed by atoms with E-state index in [2.05, 4.69) is 5.32 Å². The van der Waals surface area contributed by atoms with E-state index in [4.69, 9.17) is 0 Å². The van der Waals surface area contributed by atoms with Crippen LogP contribution in [0.4, 0.5) is 0 Å². The number of nitrogens with one attached hydrogen (secondary N) is 1. The van der Waals surface area contributed by atoms with E-state index in [0.717, 1.165) is 27.8 Å². The maximum atomic E-state index is 13.5. The zero-order valence-electron chi connectivity index (χ0n) is 18.4. The molecule has 5 nitrogen and oxygen atoms in total. The van der Waals surface area contributed by atoms with Gasteiger partial charge in [0.1, 0.15) is 0 Å². The van der Waals surface area contributed by atoms with Crippen LogP contribution in [0.2, 0.25) is 0 Å². The van der Waals surface area contributed by atoms with Crippen molar-refractivity contribution in [2.24, 2.45) is 0 Å². The van der Waals surface area contributed by atoms with Crippen molar-refractivity contribution >= 4 is 15.9 Å². The number of amides is 1. The van der Waals surface area contributed by atoms with E-state index in [-0.39, 0.29) is 17.2 Å². The molecule has 0 radical (unpaired) electrons. The van der Waals surface area contributed by atoms with Crippen molar-refractivity contribution in [2.45, 2.75) is 44.2 Å². The van der Waals surface area contributed by atoms with Crippen LogP contribution in [0.5, 0.6) is 0 Å². The molecule has 1 aliphatic heterocycles. The van der Waals surface area contributed by atoms with Crippen LogP contribution in [0.3, 0.4) is 0 Å². The smallest absolute Gasteiger partial charge is 0.243 e. The first-order chi connectivity index (χ1) is 15.4. The third-order valence-corrected chi connectivity index (χ3v) is 8.03. The lowest BCUT2D eigenvalue weighted by Crippen LogP contribution is -2.42. The van der Waals surface area contributed by atoms with Gasteiger partial charge in [0, 0.05) is 19.5 Å². The van der Waals surface area contributed by atoms with Gasteiger partial charge in [-0.15, -0.1) is 0 Å².